The molecular weight excluding hydrogens is 396 g/mol. The first-order valence-electron chi connectivity index (χ1n) is 11.1. The maximum atomic E-state index is 13.2. The minimum atomic E-state index is -0.469. The molecular formula is C24H32N2O5. The van der Waals surface area contributed by atoms with Gasteiger partial charge in [0.25, 0.3) is 0 Å². The zero-order valence-corrected chi connectivity index (χ0v) is 17.9. The van der Waals surface area contributed by atoms with Crippen LogP contribution in [0.1, 0.15) is 44.1 Å². The average Bonchev–Trinajstić information content (AvgIpc) is 3.24. The van der Waals surface area contributed by atoms with Crippen LogP contribution in [0.4, 0.5) is 0 Å². The first kappa shape index (κ1) is 23.0. The first-order valence-corrected chi connectivity index (χ1v) is 11.1. The van der Waals surface area contributed by atoms with Crippen molar-refractivity contribution in [1.82, 2.24) is 10.2 Å². The van der Waals surface area contributed by atoms with Crippen LogP contribution in [-0.4, -0.2) is 59.6 Å². The number of nitrogens with one attached hydrogen (secondary N) is 1. The molecule has 2 heterocycles. The van der Waals surface area contributed by atoms with Crippen molar-refractivity contribution < 1.29 is 24.2 Å². The van der Waals surface area contributed by atoms with Crippen LogP contribution in [0.5, 0.6) is 0 Å². The summed E-state index contributed by atoms with van der Waals surface area (Å²) in [5.74, 6) is -1.02. The van der Waals surface area contributed by atoms with Crippen molar-refractivity contribution in [3.63, 3.8) is 0 Å². The van der Waals surface area contributed by atoms with E-state index in [1.807, 2.05) is 42.5 Å². The average molecular weight is 429 g/mol. The monoisotopic (exact) mass is 428 g/mol. The van der Waals surface area contributed by atoms with Crippen LogP contribution >= 0.6 is 0 Å². The molecule has 0 aliphatic carbocycles. The number of rotatable bonds is 6. The highest BCUT2D eigenvalue weighted by Gasteiger charge is 2.34. The van der Waals surface area contributed by atoms with Gasteiger partial charge in [-0.05, 0) is 37.7 Å². The quantitative estimate of drug-likeness (QED) is 0.534. The van der Waals surface area contributed by atoms with Crippen molar-refractivity contribution in [3.8, 4) is 0 Å². The number of carbonyl (C=O) groups is 3. The fourth-order valence-corrected chi connectivity index (χ4v) is 4.22. The number of aliphatic hydroxyl groups is 1. The van der Waals surface area contributed by atoms with Gasteiger partial charge in [-0.1, -0.05) is 42.5 Å². The van der Waals surface area contributed by atoms with Crippen molar-refractivity contribution in [2.24, 2.45) is 5.92 Å². The van der Waals surface area contributed by atoms with Crippen molar-refractivity contribution in [2.45, 2.75) is 57.0 Å². The minimum absolute atomic E-state index is 0.0669. The summed E-state index contributed by atoms with van der Waals surface area (Å²) in [6, 6.07) is 9.16. The van der Waals surface area contributed by atoms with Gasteiger partial charge in [0.05, 0.1) is 24.6 Å². The van der Waals surface area contributed by atoms with Crippen LogP contribution < -0.4 is 5.32 Å². The molecule has 0 radical (unpaired) electrons. The number of allylic oxidation sites excluding steroid dienone is 2. The van der Waals surface area contributed by atoms with E-state index in [0.29, 0.717) is 32.2 Å². The second-order valence-corrected chi connectivity index (χ2v) is 8.29. The molecule has 0 unspecified atom stereocenters. The largest absolute Gasteiger partial charge is 0.463 e. The number of amides is 2. The van der Waals surface area contributed by atoms with E-state index in [2.05, 4.69) is 5.32 Å². The molecule has 1 aromatic carbocycles. The van der Waals surface area contributed by atoms with Crippen LogP contribution in [0.25, 0.3) is 0 Å². The van der Waals surface area contributed by atoms with Gasteiger partial charge in [-0.15, -0.1) is 0 Å². The topological polar surface area (TPSA) is 95.9 Å². The number of hydrogen-bond donors (Lipinski definition) is 2. The number of fused-ring (bicyclic) bond motifs is 1. The maximum absolute atomic E-state index is 13.2. The summed E-state index contributed by atoms with van der Waals surface area (Å²) < 4.78 is 5.34. The molecule has 1 saturated heterocycles. The van der Waals surface area contributed by atoms with E-state index in [1.54, 1.807) is 4.90 Å². The highest BCUT2D eigenvalue weighted by atomic mass is 16.5. The van der Waals surface area contributed by atoms with Crippen LogP contribution in [0.15, 0.2) is 42.5 Å². The fraction of sp³-hybridized carbons (Fsp3) is 0.542. The molecule has 1 aromatic rings. The van der Waals surface area contributed by atoms with Gasteiger partial charge in [0.2, 0.25) is 11.8 Å². The summed E-state index contributed by atoms with van der Waals surface area (Å²) in [4.78, 5) is 39.5. The predicted molar refractivity (Wildman–Crippen MR) is 116 cm³/mol. The molecule has 7 nitrogen and oxygen atoms in total. The Hall–Kier alpha value is -2.67. The smallest absolute Gasteiger partial charge is 0.306 e. The third-order valence-corrected chi connectivity index (χ3v) is 5.89. The molecule has 3 atom stereocenters. The Balaban J connectivity index is 1.64. The van der Waals surface area contributed by atoms with Crippen LogP contribution in [0.2, 0.25) is 0 Å². The highest BCUT2D eigenvalue weighted by molar-refractivity contribution is 5.86. The van der Waals surface area contributed by atoms with Gasteiger partial charge in [-0.25, -0.2) is 0 Å². The molecule has 0 bridgehead atoms. The van der Waals surface area contributed by atoms with E-state index >= 15 is 0 Å². The highest BCUT2D eigenvalue weighted by Crippen LogP contribution is 2.24. The number of ether oxygens (including phenoxy) is 1. The fourth-order valence-electron chi connectivity index (χ4n) is 4.22. The molecule has 0 spiro atoms. The zero-order valence-electron chi connectivity index (χ0n) is 17.9. The molecule has 0 aromatic heterocycles. The Bertz CT molecular complexity index is 779. The zero-order chi connectivity index (χ0) is 22.1. The molecule has 31 heavy (non-hydrogen) atoms. The third-order valence-electron chi connectivity index (χ3n) is 5.89. The van der Waals surface area contributed by atoms with Crippen molar-refractivity contribution in [1.29, 1.82) is 0 Å². The van der Waals surface area contributed by atoms with Crippen molar-refractivity contribution >= 4 is 17.8 Å². The summed E-state index contributed by atoms with van der Waals surface area (Å²) in [5.41, 5.74) is 1.03. The minimum Gasteiger partial charge on any atom is -0.463 e. The van der Waals surface area contributed by atoms with Gasteiger partial charge in [-0.2, -0.15) is 0 Å². The van der Waals surface area contributed by atoms with Crippen molar-refractivity contribution in [3.05, 3.63) is 48.0 Å². The molecule has 168 valence electrons. The van der Waals surface area contributed by atoms with E-state index < -0.39 is 12.0 Å². The van der Waals surface area contributed by atoms with E-state index in [9.17, 15) is 19.5 Å². The second kappa shape index (κ2) is 11.6. The first-order chi connectivity index (χ1) is 15.1. The number of nitrogens with zero attached hydrogens (tertiary/aromatic N) is 1. The Labute approximate surface area is 183 Å². The van der Waals surface area contributed by atoms with E-state index in [1.165, 1.54) is 0 Å². The van der Waals surface area contributed by atoms with Crippen LogP contribution in [-0.2, 0) is 25.5 Å². The lowest BCUT2D eigenvalue weighted by molar-refractivity contribution is -0.148. The van der Waals surface area contributed by atoms with Crippen LogP contribution in [0, 0.1) is 5.92 Å². The predicted octanol–water partition coefficient (Wildman–Crippen LogP) is 1.99. The van der Waals surface area contributed by atoms with E-state index in [0.717, 1.165) is 18.4 Å². The maximum Gasteiger partial charge on any atom is 0.306 e. The standard InChI is InChI=1S/C24H32N2O5/c27-16-20(14-18-8-3-1-4-9-18)25-22(28)15-19-10-5-2-6-12-23(29)31-17-21-11-7-13-26(21)24(19)30/h1-5,8-9,19-21,27H,6-7,10-17H2,(H,25,28)/b5-2-/t19-,20+,21-/m0/s1. The molecule has 2 amide bonds. The second-order valence-electron chi connectivity index (χ2n) is 8.29. The molecule has 0 saturated carbocycles. The Morgan fingerprint density at radius 2 is 2.03 bits per heavy atom. The summed E-state index contributed by atoms with van der Waals surface area (Å²) >= 11 is 0. The third kappa shape index (κ3) is 6.92. The Kier molecular flexibility index (Phi) is 8.64. The number of hydrogen-bond acceptors (Lipinski definition) is 5. The van der Waals surface area contributed by atoms with Gasteiger partial charge >= 0.3 is 5.97 Å². The number of cyclic esters (lactones) is 1. The van der Waals surface area contributed by atoms with Gasteiger partial charge in [0, 0.05) is 19.4 Å². The number of aliphatic hydroxyl groups excluding tert-OH is 1. The van der Waals surface area contributed by atoms with Gasteiger partial charge in [0.1, 0.15) is 6.61 Å². The summed E-state index contributed by atoms with van der Waals surface area (Å²) in [7, 11) is 0. The number of benzene rings is 1. The summed E-state index contributed by atoms with van der Waals surface area (Å²) in [5, 5.41) is 12.6. The molecule has 3 rings (SSSR count). The lowest BCUT2D eigenvalue weighted by atomic mass is 9.97. The lowest BCUT2D eigenvalue weighted by Crippen LogP contribution is -2.45. The Morgan fingerprint density at radius 1 is 1.23 bits per heavy atom. The van der Waals surface area contributed by atoms with Gasteiger partial charge in [-0.3, -0.25) is 14.4 Å². The van der Waals surface area contributed by atoms with E-state index in [-0.39, 0.29) is 43.5 Å². The summed E-state index contributed by atoms with van der Waals surface area (Å²) in [6.07, 6.45) is 7.34. The molecule has 2 aliphatic rings. The number of esters is 1. The lowest BCUT2D eigenvalue weighted by Gasteiger charge is -2.29. The summed E-state index contributed by atoms with van der Waals surface area (Å²) in [6.45, 7) is 0.672. The van der Waals surface area contributed by atoms with Crippen LogP contribution in [0.3, 0.4) is 0 Å². The normalized spacial score (nSPS) is 24.4. The van der Waals surface area contributed by atoms with Gasteiger partial charge in [0.15, 0.2) is 0 Å². The van der Waals surface area contributed by atoms with Gasteiger partial charge < -0.3 is 20.1 Å². The number of carbonyl (C=O) groups excluding carboxylic acids is 3. The Morgan fingerprint density at radius 3 is 2.81 bits per heavy atom. The molecule has 7 heteroatoms. The SMILES string of the molecule is O=C(C[C@@H]1C/C=C\CCC(=O)OC[C@@H]2CCCN2C1=O)N[C@@H](CO)Cc1ccccc1. The molecule has 2 aliphatic heterocycles. The van der Waals surface area contributed by atoms with Crippen molar-refractivity contribution in [2.75, 3.05) is 19.8 Å². The molecule has 2 N–H and O–H groups in total. The van der Waals surface area contributed by atoms with E-state index in [4.69, 9.17) is 4.74 Å². The molecule has 1 fully saturated rings.